The van der Waals surface area contributed by atoms with E-state index >= 15 is 0 Å². The molecule has 0 aromatic carbocycles. The number of likely N-dealkylation sites (tertiary alicyclic amines) is 1. The van der Waals surface area contributed by atoms with Crippen molar-refractivity contribution in [1.29, 1.82) is 0 Å². The summed E-state index contributed by atoms with van der Waals surface area (Å²) in [7, 11) is 2.12. The van der Waals surface area contributed by atoms with Gasteiger partial charge < -0.3 is 10.0 Å². The van der Waals surface area contributed by atoms with E-state index in [9.17, 15) is 5.11 Å². The van der Waals surface area contributed by atoms with Gasteiger partial charge in [0, 0.05) is 12.0 Å². The number of aliphatic hydroxyl groups excluding tert-OH is 1. The highest BCUT2D eigenvalue weighted by molar-refractivity contribution is 5.07. The second-order valence-electron chi connectivity index (χ2n) is 3.57. The van der Waals surface area contributed by atoms with Crippen molar-refractivity contribution in [2.75, 3.05) is 20.1 Å². The molecule has 2 atom stereocenters. The standard InChI is InChI=1S/C7H13NO/c1-8-3-2-7(5-8)4-6(7)9/h6,9H,2-5H2,1H3. The summed E-state index contributed by atoms with van der Waals surface area (Å²) in [4.78, 5) is 2.30. The van der Waals surface area contributed by atoms with Gasteiger partial charge >= 0.3 is 0 Å². The molecule has 1 spiro atoms. The maximum atomic E-state index is 9.21. The molecule has 2 nitrogen and oxygen atoms in total. The van der Waals surface area contributed by atoms with Gasteiger partial charge in [-0.25, -0.2) is 0 Å². The maximum absolute atomic E-state index is 9.21. The molecular formula is C7H13NO. The quantitative estimate of drug-likeness (QED) is 0.498. The van der Waals surface area contributed by atoms with Crippen LogP contribution in [-0.4, -0.2) is 36.2 Å². The Kier molecular flexibility index (Phi) is 0.945. The fourth-order valence-corrected chi connectivity index (χ4v) is 1.87. The monoisotopic (exact) mass is 127 g/mol. The Morgan fingerprint density at radius 1 is 1.67 bits per heavy atom. The second-order valence-corrected chi connectivity index (χ2v) is 3.57. The van der Waals surface area contributed by atoms with Gasteiger partial charge in [-0.15, -0.1) is 0 Å². The van der Waals surface area contributed by atoms with Crippen molar-refractivity contribution in [3.63, 3.8) is 0 Å². The molecule has 1 aliphatic heterocycles. The molecule has 52 valence electrons. The number of aliphatic hydroxyl groups is 1. The highest BCUT2D eigenvalue weighted by Crippen LogP contribution is 2.52. The summed E-state index contributed by atoms with van der Waals surface area (Å²) in [5.41, 5.74) is 0.356. The van der Waals surface area contributed by atoms with Crippen molar-refractivity contribution in [3.05, 3.63) is 0 Å². The van der Waals surface area contributed by atoms with Gasteiger partial charge in [0.15, 0.2) is 0 Å². The first-order valence-electron chi connectivity index (χ1n) is 3.60. The van der Waals surface area contributed by atoms with Crippen LogP contribution in [0, 0.1) is 5.41 Å². The molecule has 0 radical (unpaired) electrons. The largest absolute Gasteiger partial charge is 0.392 e. The Balaban J connectivity index is 2.03. The lowest BCUT2D eigenvalue weighted by molar-refractivity contribution is 0.220. The van der Waals surface area contributed by atoms with E-state index in [1.54, 1.807) is 0 Å². The minimum absolute atomic E-state index is 0.0300. The Hall–Kier alpha value is -0.0800. The van der Waals surface area contributed by atoms with Gasteiger partial charge in [0.25, 0.3) is 0 Å². The smallest absolute Gasteiger partial charge is 0.0616 e. The minimum Gasteiger partial charge on any atom is -0.392 e. The molecule has 1 saturated heterocycles. The lowest BCUT2D eigenvalue weighted by atomic mass is 10.1. The fraction of sp³-hybridized carbons (Fsp3) is 1.00. The molecule has 1 N–H and O–H groups in total. The van der Waals surface area contributed by atoms with Gasteiger partial charge in [0.05, 0.1) is 6.10 Å². The molecule has 0 amide bonds. The van der Waals surface area contributed by atoms with Gasteiger partial charge in [0.1, 0.15) is 0 Å². The van der Waals surface area contributed by atoms with Gasteiger partial charge in [-0.05, 0) is 26.4 Å². The number of hydrogen-bond donors (Lipinski definition) is 1. The molecule has 0 aromatic rings. The number of hydrogen-bond acceptors (Lipinski definition) is 2. The van der Waals surface area contributed by atoms with Crippen LogP contribution in [0.3, 0.4) is 0 Å². The summed E-state index contributed by atoms with van der Waals surface area (Å²) in [5, 5.41) is 9.21. The molecule has 1 heterocycles. The third kappa shape index (κ3) is 0.700. The highest BCUT2D eigenvalue weighted by atomic mass is 16.3. The van der Waals surface area contributed by atoms with Crippen molar-refractivity contribution in [2.24, 2.45) is 5.41 Å². The van der Waals surface area contributed by atoms with Crippen LogP contribution < -0.4 is 0 Å². The zero-order valence-corrected chi connectivity index (χ0v) is 5.80. The van der Waals surface area contributed by atoms with Crippen LogP contribution in [0.2, 0.25) is 0 Å². The first kappa shape index (κ1) is 5.69. The van der Waals surface area contributed by atoms with E-state index < -0.39 is 0 Å². The zero-order chi connectivity index (χ0) is 6.48. The Labute approximate surface area is 55.5 Å². The number of rotatable bonds is 0. The Bertz CT molecular complexity index is 135. The zero-order valence-electron chi connectivity index (χ0n) is 5.80. The van der Waals surface area contributed by atoms with Crippen LogP contribution >= 0.6 is 0 Å². The lowest BCUT2D eigenvalue weighted by Crippen LogP contribution is -2.16. The third-order valence-electron chi connectivity index (χ3n) is 2.72. The average molecular weight is 127 g/mol. The first-order valence-corrected chi connectivity index (χ1v) is 3.60. The van der Waals surface area contributed by atoms with Gasteiger partial charge in [-0.2, -0.15) is 0 Å². The van der Waals surface area contributed by atoms with Crippen molar-refractivity contribution < 1.29 is 5.11 Å². The molecule has 2 fully saturated rings. The summed E-state index contributed by atoms with van der Waals surface area (Å²) in [6.45, 7) is 2.30. The van der Waals surface area contributed by atoms with Crippen molar-refractivity contribution in [2.45, 2.75) is 18.9 Å². The Morgan fingerprint density at radius 2 is 2.33 bits per heavy atom. The first-order chi connectivity index (χ1) is 4.23. The van der Waals surface area contributed by atoms with E-state index in [0.29, 0.717) is 5.41 Å². The van der Waals surface area contributed by atoms with Crippen molar-refractivity contribution in [1.82, 2.24) is 4.90 Å². The summed E-state index contributed by atoms with van der Waals surface area (Å²) in [6, 6.07) is 0. The molecule has 9 heavy (non-hydrogen) atoms. The average Bonchev–Trinajstić information content (AvgIpc) is 2.17. The predicted molar refractivity (Wildman–Crippen MR) is 35.2 cm³/mol. The third-order valence-corrected chi connectivity index (χ3v) is 2.72. The van der Waals surface area contributed by atoms with E-state index in [0.717, 1.165) is 13.0 Å². The minimum atomic E-state index is 0.0300. The van der Waals surface area contributed by atoms with Gasteiger partial charge in [0.2, 0.25) is 0 Å². The molecule has 0 aromatic heterocycles. The number of nitrogens with zero attached hydrogens (tertiary/aromatic N) is 1. The predicted octanol–water partition coefficient (Wildman–Crippen LogP) is 0.0729. The SMILES string of the molecule is CN1CCC2(CC2O)C1. The lowest BCUT2D eigenvalue weighted by Gasteiger charge is -2.06. The van der Waals surface area contributed by atoms with E-state index in [1.165, 1.54) is 13.0 Å². The summed E-state index contributed by atoms with van der Waals surface area (Å²) < 4.78 is 0. The molecule has 1 saturated carbocycles. The van der Waals surface area contributed by atoms with Crippen LogP contribution in [0.1, 0.15) is 12.8 Å². The highest BCUT2D eigenvalue weighted by Gasteiger charge is 2.55. The Morgan fingerprint density at radius 3 is 2.56 bits per heavy atom. The van der Waals surface area contributed by atoms with Crippen LogP contribution in [0.25, 0.3) is 0 Å². The molecule has 1 aliphatic carbocycles. The molecule has 2 rings (SSSR count). The van der Waals surface area contributed by atoms with E-state index in [1.807, 2.05) is 0 Å². The van der Waals surface area contributed by atoms with Gasteiger partial charge in [-0.3, -0.25) is 0 Å². The molecule has 2 aliphatic rings. The second kappa shape index (κ2) is 1.50. The molecule has 0 bridgehead atoms. The van der Waals surface area contributed by atoms with Crippen LogP contribution in [0.5, 0.6) is 0 Å². The topological polar surface area (TPSA) is 23.5 Å². The summed E-state index contributed by atoms with van der Waals surface area (Å²) in [6.07, 6.45) is 2.30. The molecule has 2 unspecified atom stereocenters. The van der Waals surface area contributed by atoms with E-state index in [-0.39, 0.29) is 6.10 Å². The van der Waals surface area contributed by atoms with Crippen LogP contribution in [0.4, 0.5) is 0 Å². The molecule has 2 heteroatoms. The van der Waals surface area contributed by atoms with Crippen molar-refractivity contribution >= 4 is 0 Å². The summed E-state index contributed by atoms with van der Waals surface area (Å²) >= 11 is 0. The normalized spacial score (nSPS) is 50.7. The maximum Gasteiger partial charge on any atom is 0.0616 e. The fourth-order valence-electron chi connectivity index (χ4n) is 1.87. The van der Waals surface area contributed by atoms with E-state index in [2.05, 4.69) is 11.9 Å². The van der Waals surface area contributed by atoms with Crippen LogP contribution in [-0.2, 0) is 0 Å². The van der Waals surface area contributed by atoms with Crippen LogP contribution in [0.15, 0.2) is 0 Å². The van der Waals surface area contributed by atoms with E-state index in [4.69, 9.17) is 0 Å². The van der Waals surface area contributed by atoms with Crippen molar-refractivity contribution in [3.8, 4) is 0 Å². The molecular weight excluding hydrogens is 114 g/mol. The van der Waals surface area contributed by atoms with Gasteiger partial charge in [-0.1, -0.05) is 0 Å². The summed E-state index contributed by atoms with van der Waals surface area (Å²) in [5.74, 6) is 0.